The second kappa shape index (κ2) is 15.8. The number of amides is 2. The van der Waals surface area contributed by atoms with E-state index in [9.17, 15) is 9.90 Å². The number of carbonyl (C=O) groups is 1. The third kappa shape index (κ3) is 8.64. The fourth-order valence-corrected chi connectivity index (χ4v) is 6.54. The van der Waals surface area contributed by atoms with Crippen LogP contribution in [0.4, 0.5) is 4.79 Å². The number of aliphatic hydroxyl groups is 1. The Kier molecular flexibility index (Phi) is 10.9. The highest BCUT2D eigenvalue weighted by atomic mass is 32.2. The molecule has 5 aromatic rings. The molecule has 9 heteroatoms. The zero-order valence-electron chi connectivity index (χ0n) is 26.2. The number of carbonyl (C=O) groups excluding carboxylic acids is 1. The Labute approximate surface area is 279 Å². The number of nitrogens with one attached hydrogen (secondary N) is 2. The number of rotatable bonds is 11. The largest absolute Gasteiger partial charge is 0.392 e. The molecule has 0 spiro atoms. The van der Waals surface area contributed by atoms with Crippen LogP contribution in [-0.4, -0.2) is 33.0 Å². The molecular formula is C38H38N4O4S. The highest BCUT2D eigenvalue weighted by Crippen LogP contribution is 2.43. The number of nitrogens with zero attached hydrogens (tertiary/aromatic N) is 2. The van der Waals surface area contributed by atoms with Crippen LogP contribution in [0.2, 0.25) is 0 Å². The molecule has 0 bridgehead atoms. The van der Waals surface area contributed by atoms with Crippen molar-refractivity contribution in [1.82, 2.24) is 20.6 Å². The number of thioether (sulfide) groups is 1. The zero-order valence-corrected chi connectivity index (χ0v) is 27.0. The Hall–Kier alpha value is -4.54. The monoisotopic (exact) mass is 646 g/mol. The minimum atomic E-state index is -0.589. The second-order valence-electron chi connectivity index (χ2n) is 11.5. The first-order valence-corrected chi connectivity index (χ1v) is 16.7. The van der Waals surface area contributed by atoms with Crippen molar-refractivity contribution in [1.29, 1.82) is 0 Å². The first kappa shape index (κ1) is 32.4. The summed E-state index contributed by atoms with van der Waals surface area (Å²) in [6.45, 7) is 3.02. The Bertz CT molecular complexity index is 1740. The van der Waals surface area contributed by atoms with Gasteiger partial charge in [-0.25, -0.2) is 14.8 Å². The molecule has 2 amide bonds. The normalized spacial score (nSPS) is 19.2. The average Bonchev–Trinajstić information content (AvgIpc) is 3.14. The van der Waals surface area contributed by atoms with E-state index < -0.39 is 6.29 Å². The van der Waals surface area contributed by atoms with Crippen LogP contribution in [0.3, 0.4) is 0 Å². The maximum atomic E-state index is 12.4. The third-order valence-corrected chi connectivity index (χ3v) is 9.17. The number of hydrogen-bond acceptors (Lipinski definition) is 7. The van der Waals surface area contributed by atoms with E-state index in [4.69, 9.17) is 9.47 Å². The van der Waals surface area contributed by atoms with Crippen molar-refractivity contribution in [3.63, 3.8) is 0 Å². The summed E-state index contributed by atoms with van der Waals surface area (Å²) >= 11 is 1.57. The van der Waals surface area contributed by atoms with Gasteiger partial charge in [0.2, 0.25) is 0 Å². The maximum Gasteiger partial charge on any atom is 0.315 e. The molecule has 6 rings (SSSR count). The summed E-state index contributed by atoms with van der Waals surface area (Å²) in [7, 11) is 0. The lowest BCUT2D eigenvalue weighted by atomic mass is 9.91. The molecular weight excluding hydrogens is 609 g/mol. The Morgan fingerprint density at radius 1 is 0.745 bits per heavy atom. The van der Waals surface area contributed by atoms with Gasteiger partial charge in [0.05, 0.1) is 18.8 Å². The van der Waals surface area contributed by atoms with E-state index >= 15 is 0 Å². The van der Waals surface area contributed by atoms with E-state index in [1.807, 2.05) is 84.9 Å². The molecule has 240 valence electrons. The van der Waals surface area contributed by atoms with Gasteiger partial charge in [-0.05, 0) is 51.6 Å². The third-order valence-electron chi connectivity index (χ3n) is 8.21. The minimum absolute atomic E-state index is 0.00502. The van der Waals surface area contributed by atoms with Crippen LogP contribution in [0.25, 0.3) is 11.1 Å². The molecule has 1 aromatic heterocycles. The summed E-state index contributed by atoms with van der Waals surface area (Å²) in [6, 6.07) is 35.7. The average molecular weight is 647 g/mol. The van der Waals surface area contributed by atoms with Gasteiger partial charge in [-0.2, -0.15) is 0 Å². The van der Waals surface area contributed by atoms with E-state index in [-0.39, 0.29) is 30.8 Å². The number of benzene rings is 4. The van der Waals surface area contributed by atoms with Crippen molar-refractivity contribution < 1.29 is 19.4 Å². The van der Waals surface area contributed by atoms with E-state index in [0.717, 1.165) is 38.9 Å². The lowest BCUT2D eigenvalue weighted by Gasteiger charge is -2.41. The summed E-state index contributed by atoms with van der Waals surface area (Å²) in [4.78, 5) is 21.2. The van der Waals surface area contributed by atoms with Crippen molar-refractivity contribution in [3.05, 3.63) is 149 Å². The molecule has 0 saturated carbocycles. The van der Waals surface area contributed by atoms with Crippen LogP contribution in [0, 0.1) is 5.92 Å². The molecule has 0 radical (unpaired) electrons. The Morgan fingerprint density at radius 3 is 2.17 bits per heavy atom. The smallest absolute Gasteiger partial charge is 0.315 e. The van der Waals surface area contributed by atoms with Gasteiger partial charge in [-0.1, -0.05) is 110 Å². The SMILES string of the molecule is C[C@@H]1[C@H](CSc2ncccn2)O[C@H](c2cccc(-c3cccc(CNC(=O)NCc4ccccc4)c3)c2)O[C@@H]1c1ccc(CO)cc1. The van der Waals surface area contributed by atoms with Crippen molar-refractivity contribution in [3.8, 4) is 11.1 Å². The Morgan fingerprint density at radius 2 is 1.43 bits per heavy atom. The maximum absolute atomic E-state index is 12.4. The van der Waals surface area contributed by atoms with E-state index in [2.05, 4.69) is 51.8 Å². The molecule has 0 unspecified atom stereocenters. The summed E-state index contributed by atoms with van der Waals surface area (Å²) in [5.74, 6) is 0.726. The first-order valence-electron chi connectivity index (χ1n) is 15.7. The summed E-state index contributed by atoms with van der Waals surface area (Å²) in [5, 5.41) is 16.1. The summed E-state index contributed by atoms with van der Waals surface area (Å²) in [5.41, 5.74) is 6.91. The van der Waals surface area contributed by atoms with Crippen LogP contribution in [0.1, 0.15) is 47.1 Å². The van der Waals surface area contributed by atoms with Crippen LogP contribution >= 0.6 is 11.8 Å². The van der Waals surface area contributed by atoms with Gasteiger partial charge in [0, 0.05) is 42.7 Å². The van der Waals surface area contributed by atoms with Gasteiger partial charge >= 0.3 is 6.03 Å². The minimum Gasteiger partial charge on any atom is -0.392 e. The van der Waals surface area contributed by atoms with Crippen molar-refractivity contribution >= 4 is 17.8 Å². The standard InChI is InChI=1S/C38H38N4O4S/c1-26-34(25-47-38-39-18-7-19-40-38)45-36(46-35(26)30-16-14-28(24-43)15-17-30)33-13-6-12-32(21-33)31-11-5-10-29(20-31)23-42-37(44)41-22-27-8-3-2-4-9-27/h2-21,26,34-36,43H,22-25H2,1H3,(H2,41,42,44)/t26-,34+,35+,36+/m1/s1. The lowest BCUT2D eigenvalue weighted by molar-refractivity contribution is -0.268. The molecule has 0 aliphatic carbocycles. The number of urea groups is 1. The van der Waals surface area contributed by atoms with Crippen LogP contribution in [0.5, 0.6) is 0 Å². The van der Waals surface area contributed by atoms with Crippen molar-refractivity contribution in [2.24, 2.45) is 5.92 Å². The molecule has 1 aliphatic rings. The van der Waals surface area contributed by atoms with Gasteiger partial charge in [0.15, 0.2) is 11.4 Å². The van der Waals surface area contributed by atoms with Gasteiger partial charge in [-0.15, -0.1) is 0 Å². The van der Waals surface area contributed by atoms with Gasteiger partial charge in [-0.3, -0.25) is 0 Å². The van der Waals surface area contributed by atoms with Crippen molar-refractivity contribution in [2.45, 2.75) is 50.3 Å². The fraction of sp³-hybridized carbons (Fsp3) is 0.237. The van der Waals surface area contributed by atoms with Gasteiger partial charge in [0.1, 0.15) is 0 Å². The molecule has 4 atom stereocenters. The zero-order chi connectivity index (χ0) is 32.4. The highest BCUT2D eigenvalue weighted by molar-refractivity contribution is 7.99. The number of aliphatic hydroxyl groups excluding tert-OH is 1. The number of ether oxygens (including phenoxy) is 2. The topological polar surface area (TPSA) is 106 Å². The molecule has 3 N–H and O–H groups in total. The van der Waals surface area contributed by atoms with E-state index in [1.54, 1.807) is 24.2 Å². The first-order chi connectivity index (χ1) is 23.1. The molecule has 1 saturated heterocycles. The second-order valence-corrected chi connectivity index (χ2v) is 12.5. The van der Waals surface area contributed by atoms with Crippen molar-refractivity contribution in [2.75, 3.05) is 5.75 Å². The molecule has 2 heterocycles. The molecule has 1 fully saturated rings. The highest BCUT2D eigenvalue weighted by Gasteiger charge is 2.38. The summed E-state index contributed by atoms with van der Waals surface area (Å²) in [6.07, 6.45) is 2.56. The fourth-order valence-electron chi connectivity index (χ4n) is 5.58. The predicted octanol–water partition coefficient (Wildman–Crippen LogP) is 7.22. The van der Waals surface area contributed by atoms with Crippen LogP contribution in [0.15, 0.2) is 127 Å². The molecule has 4 aromatic carbocycles. The van der Waals surface area contributed by atoms with Crippen LogP contribution in [-0.2, 0) is 29.2 Å². The number of hydrogen-bond donors (Lipinski definition) is 3. The Balaban J connectivity index is 1.17. The van der Waals surface area contributed by atoms with Gasteiger partial charge < -0.3 is 25.2 Å². The van der Waals surface area contributed by atoms with Gasteiger partial charge in [0.25, 0.3) is 0 Å². The predicted molar refractivity (Wildman–Crippen MR) is 183 cm³/mol. The quantitative estimate of drug-likeness (QED) is 0.103. The van der Waals surface area contributed by atoms with E-state index in [0.29, 0.717) is 24.0 Å². The molecule has 1 aliphatic heterocycles. The molecule has 47 heavy (non-hydrogen) atoms. The molecule has 8 nitrogen and oxygen atoms in total. The number of aromatic nitrogens is 2. The van der Waals surface area contributed by atoms with Crippen LogP contribution < -0.4 is 10.6 Å². The lowest BCUT2D eigenvalue weighted by Crippen LogP contribution is -2.38. The summed E-state index contributed by atoms with van der Waals surface area (Å²) < 4.78 is 13.3. The van der Waals surface area contributed by atoms with E-state index in [1.165, 1.54) is 0 Å².